The number of carbonyl (C=O) groups excluding carboxylic acids is 1. The SMILES string of the molecule is COc1ccc(N)cc1C(=O)Nc1cccc(C(F)(F)F)c1. The average Bonchev–Trinajstić information content (AvgIpc) is 2.46. The van der Waals surface area contributed by atoms with Crippen LogP contribution in [0.5, 0.6) is 5.75 Å². The van der Waals surface area contributed by atoms with Crippen molar-refractivity contribution in [2.45, 2.75) is 6.18 Å². The van der Waals surface area contributed by atoms with Gasteiger partial charge in [0.25, 0.3) is 5.91 Å². The summed E-state index contributed by atoms with van der Waals surface area (Å²) in [7, 11) is 1.38. The summed E-state index contributed by atoms with van der Waals surface area (Å²) in [5.74, 6) is -0.331. The summed E-state index contributed by atoms with van der Waals surface area (Å²) in [4.78, 5) is 12.2. The first-order valence-electron chi connectivity index (χ1n) is 6.23. The third-order valence-electron chi connectivity index (χ3n) is 2.92. The van der Waals surface area contributed by atoms with Crippen LogP contribution in [0.2, 0.25) is 0 Å². The predicted molar refractivity (Wildman–Crippen MR) is 76.8 cm³/mol. The number of halogens is 3. The Morgan fingerprint density at radius 2 is 1.91 bits per heavy atom. The minimum Gasteiger partial charge on any atom is -0.496 e. The van der Waals surface area contributed by atoms with Crippen LogP contribution in [0.4, 0.5) is 24.5 Å². The molecule has 7 heteroatoms. The van der Waals surface area contributed by atoms with Gasteiger partial charge in [0.15, 0.2) is 0 Å². The molecule has 0 heterocycles. The number of nitrogen functional groups attached to an aromatic ring is 1. The maximum atomic E-state index is 12.7. The molecule has 0 spiro atoms. The number of nitrogens with one attached hydrogen (secondary N) is 1. The van der Waals surface area contributed by atoms with Gasteiger partial charge in [-0.2, -0.15) is 13.2 Å². The van der Waals surface area contributed by atoms with E-state index in [4.69, 9.17) is 10.5 Å². The van der Waals surface area contributed by atoms with Gasteiger partial charge in [0.2, 0.25) is 0 Å². The van der Waals surface area contributed by atoms with E-state index >= 15 is 0 Å². The van der Waals surface area contributed by atoms with E-state index in [2.05, 4.69) is 5.32 Å². The topological polar surface area (TPSA) is 64.3 Å². The largest absolute Gasteiger partial charge is 0.496 e. The number of rotatable bonds is 3. The van der Waals surface area contributed by atoms with Crippen molar-refractivity contribution < 1.29 is 22.7 Å². The molecular weight excluding hydrogens is 297 g/mol. The van der Waals surface area contributed by atoms with E-state index in [0.717, 1.165) is 12.1 Å². The lowest BCUT2D eigenvalue weighted by Crippen LogP contribution is -2.14. The number of ether oxygens (including phenoxy) is 1. The zero-order valence-electron chi connectivity index (χ0n) is 11.6. The number of hydrogen-bond donors (Lipinski definition) is 2. The van der Waals surface area contributed by atoms with Crippen molar-refractivity contribution in [3.8, 4) is 5.75 Å². The molecule has 3 N–H and O–H groups in total. The lowest BCUT2D eigenvalue weighted by atomic mass is 10.1. The molecule has 1 amide bonds. The first kappa shape index (κ1) is 15.7. The minimum atomic E-state index is -4.48. The molecule has 2 aromatic rings. The van der Waals surface area contributed by atoms with Crippen LogP contribution in [0, 0.1) is 0 Å². The van der Waals surface area contributed by atoms with Gasteiger partial charge in [-0.3, -0.25) is 4.79 Å². The van der Waals surface area contributed by atoms with Crippen LogP contribution in [0.1, 0.15) is 15.9 Å². The Labute approximate surface area is 124 Å². The summed E-state index contributed by atoms with van der Waals surface area (Å²) in [6.45, 7) is 0. The number of alkyl halides is 3. The van der Waals surface area contributed by atoms with E-state index in [1.54, 1.807) is 6.07 Å². The zero-order chi connectivity index (χ0) is 16.3. The number of carbonyl (C=O) groups is 1. The van der Waals surface area contributed by atoms with Crippen molar-refractivity contribution in [3.05, 3.63) is 53.6 Å². The highest BCUT2D eigenvalue weighted by molar-refractivity contribution is 6.06. The normalized spacial score (nSPS) is 11.1. The van der Waals surface area contributed by atoms with Crippen LogP contribution in [-0.4, -0.2) is 13.0 Å². The van der Waals surface area contributed by atoms with Crippen LogP contribution in [0.25, 0.3) is 0 Å². The fraction of sp³-hybridized carbons (Fsp3) is 0.133. The molecule has 0 bridgehead atoms. The molecule has 0 aromatic heterocycles. The van der Waals surface area contributed by atoms with Crippen LogP contribution in [0.3, 0.4) is 0 Å². The van der Waals surface area contributed by atoms with Crippen LogP contribution >= 0.6 is 0 Å². The molecule has 0 aliphatic carbocycles. The molecule has 2 aromatic carbocycles. The van der Waals surface area contributed by atoms with Crippen molar-refractivity contribution in [3.63, 3.8) is 0 Å². The second kappa shape index (κ2) is 5.97. The molecule has 0 fully saturated rings. The van der Waals surface area contributed by atoms with Gasteiger partial charge in [0.1, 0.15) is 5.75 Å². The molecule has 22 heavy (non-hydrogen) atoms. The fourth-order valence-corrected chi connectivity index (χ4v) is 1.87. The van der Waals surface area contributed by atoms with Crippen molar-refractivity contribution in [1.82, 2.24) is 0 Å². The average molecular weight is 310 g/mol. The standard InChI is InChI=1S/C15H13F3N2O2/c1-22-13-6-5-10(19)8-12(13)14(21)20-11-4-2-3-9(7-11)15(16,17)18/h2-8H,19H2,1H3,(H,20,21). The number of nitrogens with two attached hydrogens (primary N) is 1. The highest BCUT2D eigenvalue weighted by atomic mass is 19.4. The Morgan fingerprint density at radius 1 is 1.18 bits per heavy atom. The van der Waals surface area contributed by atoms with Gasteiger partial charge in [0, 0.05) is 11.4 Å². The van der Waals surface area contributed by atoms with Crippen molar-refractivity contribution >= 4 is 17.3 Å². The van der Waals surface area contributed by atoms with Gasteiger partial charge in [0.05, 0.1) is 18.2 Å². The summed E-state index contributed by atoms with van der Waals surface area (Å²) in [6, 6.07) is 8.83. The quantitative estimate of drug-likeness (QED) is 0.852. The van der Waals surface area contributed by atoms with Gasteiger partial charge in [-0.05, 0) is 36.4 Å². The third-order valence-corrected chi connectivity index (χ3v) is 2.92. The highest BCUT2D eigenvalue weighted by Gasteiger charge is 2.30. The van der Waals surface area contributed by atoms with Gasteiger partial charge >= 0.3 is 6.18 Å². The second-order valence-electron chi connectivity index (χ2n) is 4.49. The molecule has 4 nitrogen and oxygen atoms in total. The van der Waals surface area contributed by atoms with E-state index in [9.17, 15) is 18.0 Å². The summed E-state index contributed by atoms with van der Waals surface area (Å²) in [5.41, 5.74) is 5.28. The van der Waals surface area contributed by atoms with Crippen molar-refractivity contribution in [2.24, 2.45) is 0 Å². The van der Waals surface area contributed by atoms with E-state index in [1.165, 1.54) is 31.4 Å². The van der Waals surface area contributed by atoms with Crippen LogP contribution in [0.15, 0.2) is 42.5 Å². The second-order valence-corrected chi connectivity index (χ2v) is 4.49. The van der Waals surface area contributed by atoms with Gasteiger partial charge in [-0.1, -0.05) is 6.07 Å². The van der Waals surface area contributed by atoms with Gasteiger partial charge in [-0.25, -0.2) is 0 Å². The molecule has 0 aliphatic heterocycles. The molecule has 116 valence electrons. The van der Waals surface area contributed by atoms with E-state index < -0.39 is 17.6 Å². The smallest absolute Gasteiger partial charge is 0.416 e. The Morgan fingerprint density at radius 3 is 2.55 bits per heavy atom. The summed E-state index contributed by atoms with van der Waals surface area (Å²) in [6.07, 6.45) is -4.48. The summed E-state index contributed by atoms with van der Waals surface area (Å²) >= 11 is 0. The number of anilines is 2. The highest BCUT2D eigenvalue weighted by Crippen LogP contribution is 2.31. The van der Waals surface area contributed by atoms with E-state index in [0.29, 0.717) is 5.69 Å². The fourth-order valence-electron chi connectivity index (χ4n) is 1.87. The first-order valence-corrected chi connectivity index (χ1v) is 6.23. The molecule has 0 unspecified atom stereocenters. The molecule has 0 saturated heterocycles. The summed E-state index contributed by atoms with van der Waals surface area (Å²) in [5, 5.41) is 2.40. The number of amides is 1. The van der Waals surface area contributed by atoms with Crippen LogP contribution < -0.4 is 15.8 Å². The zero-order valence-corrected chi connectivity index (χ0v) is 11.6. The molecule has 0 radical (unpaired) electrons. The Hall–Kier alpha value is -2.70. The maximum Gasteiger partial charge on any atom is 0.416 e. The Bertz CT molecular complexity index is 699. The van der Waals surface area contributed by atoms with E-state index in [-0.39, 0.29) is 17.0 Å². The third kappa shape index (κ3) is 3.49. The lowest BCUT2D eigenvalue weighted by molar-refractivity contribution is -0.137. The predicted octanol–water partition coefficient (Wildman–Crippen LogP) is 3.55. The molecule has 0 atom stereocenters. The van der Waals surface area contributed by atoms with Crippen molar-refractivity contribution in [1.29, 1.82) is 0 Å². The van der Waals surface area contributed by atoms with E-state index in [1.807, 2.05) is 0 Å². The van der Waals surface area contributed by atoms with Gasteiger partial charge in [-0.15, -0.1) is 0 Å². The molecule has 2 rings (SSSR count). The Balaban J connectivity index is 2.28. The van der Waals surface area contributed by atoms with Crippen LogP contribution in [-0.2, 0) is 6.18 Å². The number of benzene rings is 2. The van der Waals surface area contributed by atoms with Crippen molar-refractivity contribution in [2.75, 3.05) is 18.2 Å². The lowest BCUT2D eigenvalue weighted by Gasteiger charge is -2.12. The maximum absolute atomic E-state index is 12.7. The Kier molecular flexibility index (Phi) is 4.25. The first-order chi connectivity index (χ1) is 10.3. The minimum absolute atomic E-state index is 0.0318. The number of methoxy groups -OCH3 is 1. The van der Waals surface area contributed by atoms with Gasteiger partial charge < -0.3 is 15.8 Å². The molecule has 0 aliphatic rings. The molecular formula is C15H13F3N2O2. The monoisotopic (exact) mass is 310 g/mol. The summed E-state index contributed by atoms with van der Waals surface area (Å²) < 4.78 is 43.0. The molecule has 0 saturated carbocycles. The number of hydrogen-bond acceptors (Lipinski definition) is 3.